The highest BCUT2D eigenvalue weighted by Crippen LogP contribution is 2.36. The minimum absolute atomic E-state index is 0.0548. The topological polar surface area (TPSA) is 82.0 Å². The van der Waals surface area contributed by atoms with Crippen molar-refractivity contribution in [2.75, 3.05) is 5.32 Å². The minimum atomic E-state index is -0.752. The third-order valence-corrected chi connectivity index (χ3v) is 5.62. The molecule has 0 aromatic heterocycles. The van der Waals surface area contributed by atoms with E-state index < -0.39 is 5.54 Å². The van der Waals surface area contributed by atoms with E-state index in [4.69, 9.17) is 0 Å². The molecule has 0 bridgehead atoms. The van der Waals surface area contributed by atoms with Gasteiger partial charge < -0.3 is 10.6 Å². The van der Waals surface area contributed by atoms with E-state index in [0.29, 0.717) is 24.1 Å². The van der Waals surface area contributed by atoms with E-state index in [2.05, 4.69) is 16.7 Å². The van der Waals surface area contributed by atoms with Gasteiger partial charge in [-0.15, -0.1) is 11.8 Å². The summed E-state index contributed by atoms with van der Waals surface area (Å²) in [6.45, 7) is 1.85. The standard InChI is InChI=1S/C17H19N3O2S/c1-11-15(21)19-13-9-12(5-6-14(13)23-11)16(22)20-17(10-18)7-3-2-4-8-17/h5-6,9,11H,2-4,7-8H2,1H3,(H,19,21)(H,20,22). The first kappa shape index (κ1) is 15.9. The van der Waals surface area contributed by atoms with Gasteiger partial charge in [-0.1, -0.05) is 19.3 Å². The number of nitriles is 1. The lowest BCUT2D eigenvalue weighted by atomic mass is 9.82. The van der Waals surface area contributed by atoms with Crippen LogP contribution in [0.1, 0.15) is 49.4 Å². The van der Waals surface area contributed by atoms with Crippen molar-refractivity contribution in [2.24, 2.45) is 0 Å². The van der Waals surface area contributed by atoms with Crippen LogP contribution in [0, 0.1) is 11.3 Å². The molecule has 2 amide bonds. The van der Waals surface area contributed by atoms with Crippen LogP contribution in [0.5, 0.6) is 0 Å². The number of benzene rings is 1. The third-order valence-electron chi connectivity index (χ3n) is 4.45. The van der Waals surface area contributed by atoms with Gasteiger partial charge in [0, 0.05) is 10.5 Å². The van der Waals surface area contributed by atoms with Crippen molar-refractivity contribution in [2.45, 2.75) is 54.7 Å². The molecule has 1 aromatic carbocycles. The van der Waals surface area contributed by atoms with Crippen molar-refractivity contribution in [1.29, 1.82) is 5.26 Å². The van der Waals surface area contributed by atoms with Crippen LogP contribution in [0.25, 0.3) is 0 Å². The number of nitrogens with zero attached hydrogens (tertiary/aromatic N) is 1. The Kier molecular flexibility index (Phi) is 4.31. The van der Waals surface area contributed by atoms with Crippen molar-refractivity contribution >= 4 is 29.3 Å². The molecule has 2 N–H and O–H groups in total. The SMILES string of the molecule is CC1Sc2ccc(C(=O)NC3(C#N)CCCCC3)cc2NC1=O. The fourth-order valence-corrected chi connectivity index (χ4v) is 3.99. The Hall–Kier alpha value is -2.00. The van der Waals surface area contributed by atoms with Crippen molar-refractivity contribution in [3.63, 3.8) is 0 Å². The fraction of sp³-hybridized carbons (Fsp3) is 0.471. The molecule has 5 nitrogen and oxygen atoms in total. The quantitative estimate of drug-likeness (QED) is 0.873. The first-order chi connectivity index (χ1) is 11.0. The molecule has 0 spiro atoms. The van der Waals surface area contributed by atoms with Crippen LogP contribution in [-0.4, -0.2) is 22.6 Å². The van der Waals surface area contributed by atoms with Crippen molar-refractivity contribution in [1.82, 2.24) is 5.32 Å². The van der Waals surface area contributed by atoms with Crippen LogP contribution >= 0.6 is 11.8 Å². The Morgan fingerprint density at radius 2 is 2.13 bits per heavy atom. The molecule has 1 aromatic rings. The van der Waals surface area contributed by atoms with Gasteiger partial charge in [0.2, 0.25) is 5.91 Å². The van der Waals surface area contributed by atoms with Crippen molar-refractivity contribution < 1.29 is 9.59 Å². The molecule has 1 saturated carbocycles. The van der Waals surface area contributed by atoms with Gasteiger partial charge in [0.05, 0.1) is 17.0 Å². The summed E-state index contributed by atoms with van der Waals surface area (Å²) < 4.78 is 0. The lowest BCUT2D eigenvalue weighted by Gasteiger charge is -2.31. The van der Waals surface area contributed by atoms with Crippen molar-refractivity contribution in [3.8, 4) is 6.07 Å². The average molecular weight is 329 g/mol. The third kappa shape index (κ3) is 3.20. The molecule has 1 aliphatic heterocycles. The summed E-state index contributed by atoms with van der Waals surface area (Å²) in [6, 6.07) is 7.58. The number of carbonyl (C=O) groups is 2. The molecular formula is C17H19N3O2S. The highest BCUT2D eigenvalue weighted by Gasteiger charge is 2.34. The summed E-state index contributed by atoms with van der Waals surface area (Å²) in [5, 5.41) is 15.1. The molecule has 2 aliphatic rings. The van der Waals surface area contributed by atoms with Gasteiger partial charge in [-0.2, -0.15) is 5.26 Å². The smallest absolute Gasteiger partial charge is 0.252 e. The zero-order chi connectivity index (χ0) is 16.4. The van der Waals surface area contributed by atoms with Crippen LogP contribution in [-0.2, 0) is 4.79 Å². The number of fused-ring (bicyclic) bond motifs is 1. The van der Waals surface area contributed by atoms with E-state index in [-0.39, 0.29) is 17.1 Å². The number of hydrogen-bond donors (Lipinski definition) is 2. The summed E-state index contributed by atoms with van der Waals surface area (Å²) in [6.07, 6.45) is 4.43. The normalized spacial score (nSPS) is 22.4. The van der Waals surface area contributed by atoms with Gasteiger partial charge in [0.15, 0.2) is 0 Å². The molecule has 1 unspecified atom stereocenters. The Bertz CT molecular complexity index is 690. The average Bonchev–Trinajstić information content (AvgIpc) is 2.56. The molecule has 120 valence electrons. The first-order valence-corrected chi connectivity index (χ1v) is 8.76. The number of hydrogen-bond acceptors (Lipinski definition) is 4. The van der Waals surface area contributed by atoms with E-state index in [1.165, 1.54) is 11.8 Å². The number of thioether (sulfide) groups is 1. The van der Waals surface area contributed by atoms with E-state index in [0.717, 1.165) is 24.2 Å². The monoisotopic (exact) mass is 329 g/mol. The van der Waals surface area contributed by atoms with Crippen LogP contribution < -0.4 is 10.6 Å². The summed E-state index contributed by atoms with van der Waals surface area (Å²) >= 11 is 1.48. The molecule has 6 heteroatoms. The highest BCUT2D eigenvalue weighted by atomic mass is 32.2. The Morgan fingerprint density at radius 3 is 2.83 bits per heavy atom. The van der Waals surface area contributed by atoms with Gasteiger partial charge in [-0.05, 0) is 38.0 Å². The zero-order valence-corrected chi connectivity index (χ0v) is 13.8. The number of carbonyl (C=O) groups excluding carboxylic acids is 2. The predicted molar refractivity (Wildman–Crippen MR) is 89.3 cm³/mol. The summed E-state index contributed by atoms with van der Waals surface area (Å²) in [5.74, 6) is -0.310. The van der Waals surface area contributed by atoms with Crippen LogP contribution in [0.15, 0.2) is 23.1 Å². The minimum Gasteiger partial charge on any atom is -0.334 e. The maximum absolute atomic E-state index is 12.5. The van der Waals surface area contributed by atoms with Crippen LogP contribution in [0.3, 0.4) is 0 Å². The summed E-state index contributed by atoms with van der Waals surface area (Å²) in [4.78, 5) is 25.3. The number of amides is 2. The lowest BCUT2D eigenvalue weighted by molar-refractivity contribution is -0.115. The summed E-state index contributed by atoms with van der Waals surface area (Å²) in [7, 11) is 0. The van der Waals surface area contributed by atoms with E-state index in [1.807, 2.05) is 13.0 Å². The van der Waals surface area contributed by atoms with Crippen LogP contribution in [0.4, 0.5) is 5.69 Å². The zero-order valence-electron chi connectivity index (χ0n) is 13.0. The molecule has 3 rings (SSSR count). The molecule has 1 heterocycles. The Labute approximate surface area is 139 Å². The highest BCUT2D eigenvalue weighted by molar-refractivity contribution is 8.00. The van der Waals surface area contributed by atoms with Gasteiger partial charge in [-0.25, -0.2) is 0 Å². The second kappa shape index (κ2) is 6.25. The maximum atomic E-state index is 12.5. The Balaban J connectivity index is 1.79. The largest absolute Gasteiger partial charge is 0.334 e. The lowest BCUT2D eigenvalue weighted by Crippen LogP contribution is -2.48. The first-order valence-electron chi connectivity index (χ1n) is 7.88. The molecule has 1 aliphatic carbocycles. The fourth-order valence-electron chi connectivity index (χ4n) is 3.06. The molecule has 0 radical (unpaired) electrons. The number of anilines is 1. The predicted octanol–water partition coefficient (Wildman–Crippen LogP) is 3.08. The van der Waals surface area contributed by atoms with E-state index >= 15 is 0 Å². The number of rotatable bonds is 2. The van der Waals surface area contributed by atoms with Gasteiger partial charge in [-0.3, -0.25) is 9.59 Å². The Morgan fingerprint density at radius 1 is 1.39 bits per heavy atom. The van der Waals surface area contributed by atoms with Gasteiger partial charge in [0.1, 0.15) is 5.54 Å². The van der Waals surface area contributed by atoms with Crippen molar-refractivity contribution in [3.05, 3.63) is 23.8 Å². The molecule has 1 fully saturated rings. The second-order valence-electron chi connectivity index (χ2n) is 6.17. The number of nitrogens with one attached hydrogen (secondary N) is 2. The molecule has 23 heavy (non-hydrogen) atoms. The molecule has 0 saturated heterocycles. The molecule has 1 atom stereocenters. The molecular weight excluding hydrogens is 310 g/mol. The van der Waals surface area contributed by atoms with Gasteiger partial charge >= 0.3 is 0 Å². The van der Waals surface area contributed by atoms with Gasteiger partial charge in [0.25, 0.3) is 5.91 Å². The summed E-state index contributed by atoms with van der Waals surface area (Å²) in [5.41, 5.74) is 0.386. The van der Waals surface area contributed by atoms with E-state index in [9.17, 15) is 14.9 Å². The second-order valence-corrected chi connectivity index (χ2v) is 7.55. The van der Waals surface area contributed by atoms with E-state index in [1.54, 1.807) is 12.1 Å². The van der Waals surface area contributed by atoms with Crippen LogP contribution in [0.2, 0.25) is 0 Å². The maximum Gasteiger partial charge on any atom is 0.252 e.